The molecule has 1 aliphatic carbocycles. The van der Waals surface area contributed by atoms with E-state index in [1.165, 1.54) is 7.11 Å². The summed E-state index contributed by atoms with van der Waals surface area (Å²) in [5.41, 5.74) is 6.17. The maximum Gasteiger partial charge on any atom is 0.349 e. The molecule has 0 radical (unpaired) electrons. The Bertz CT molecular complexity index is 588. The second-order valence-electron chi connectivity index (χ2n) is 4.62. The number of sulfonamides is 1. The van der Waals surface area contributed by atoms with E-state index in [1.807, 2.05) is 0 Å². The minimum absolute atomic E-state index is 0.0184. The first-order chi connectivity index (χ1) is 8.85. The first kappa shape index (κ1) is 14.4. The van der Waals surface area contributed by atoms with Crippen LogP contribution in [0.25, 0.3) is 0 Å². The summed E-state index contributed by atoms with van der Waals surface area (Å²) >= 11 is 1.07. The quantitative estimate of drug-likeness (QED) is 0.794. The molecule has 6 nitrogen and oxygen atoms in total. The Morgan fingerprint density at radius 1 is 1.53 bits per heavy atom. The average Bonchev–Trinajstić information content (AvgIpc) is 2.68. The lowest BCUT2D eigenvalue weighted by molar-refractivity contribution is 0.0602. The fraction of sp³-hybridized carbons (Fsp3) is 0.545. The average molecular weight is 304 g/mol. The minimum Gasteiger partial charge on any atom is -0.465 e. The van der Waals surface area contributed by atoms with Gasteiger partial charge in [-0.1, -0.05) is 0 Å². The molecule has 1 aromatic heterocycles. The van der Waals surface area contributed by atoms with Crippen LogP contribution in [0.4, 0.5) is 0 Å². The largest absolute Gasteiger partial charge is 0.465 e. The topological polar surface area (TPSA) is 98.5 Å². The van der Waals surface area contributed by atoms with Crippen LogP contribution in [0.5, 0.6) is 0 Å². The van der Waals surface area contributed by atoms with Crippen LogP contribution in [0, 0.1) is 6.92 Å². The van der Waals surface area contributed by atoms with E-state index in [2.05, 4.69) is 9.46 Å². The molecule has 106 valence electrons. The smallest absolute Gasteiger partial charge is 0.349 e. The molecule has 0 aliphatic heterocycles. The normalized spacial score (nSPS) is 22.9. The number of hydrogen-bond acceptors (Lipinski definition) is 6. The lowest BCUT2D eigenvalue weighted by atomic mass is 9.89. The maximum absolute atomic E-state index is 12.3. The van der Waals surface area contributed by atoms with Gasteiger partial charge in [-0.15, -0.1) is 11.3 Å². The number of methoxy groups -OCH3 is 1. The predicted molar refractivity (Wildman–Crippen MR) is 71.7 cm³/mol. The van der Waals surface area contributed by atoms with E-state index in [0.717, 1.165) is 11.3 Å². The highest BCUT2D eigenvalue weighted by molar-refractivity contribution is 7.89. The molecule has 0 bridgehead atoms. The molecule has 1 aliphatic rings. The Kier molecular flexibility index (Phi) is 3.95. The summed E-state index contributed by atoms with van der Waals surface area (Å²) in [7, 11) is -2.48. The van der Waals surface area contributed by atoms with Crippen molar-refractivity contribution in [1.29, 1.82) is 0 Å². The molecule has 1 heterocycles. The standard InChI is InChI=1S/C11H16N2O4S2/c1-6-5-18-9(11(14)17-2)10(6)19(15,16)13-8-3-7(12)4-8/h5,7-8,13H,3-4,12H2,1-2H3. The second kappa shape index (κ2) is 5.20. The molecule has 0 spiro atoms. The number of aryl methyl sites for hydroxylation is 1. The van der Waals surface area contributed by atoms with E-state index in [9.17, 15) is 13.2 Å². The van der Waals surface area contributed by atoms with Gasteiger partial charge in [0.1, 0.15) is 9.77 Å². The molecule has 1 aromatic rings. The van der Waals surface area contributed by atoms with Crippen LogP contribution in [0.2, 0.25) is 0 Å². The van der Waals surface area contributed by atoms with E-state index in [0.29, 0.717) is 18.4 Å². The van der Waals surface area contributed by atoms with Gasteiger partial charge in [-0.3, -0.25) is 0 Å². The van der Waals surface area contributed by atoms with Gasteiger partial charge in [0.15, 0.2) is 0 Å². The van der Waals surface area contributed by atoms with Crippen molar-refractivity contribution in [2.75, 3.05) is 7.11 Å². The first-order valence-corrected chi connectivity index (χ1v) is 8.15. The maximum atomic E-state index is 12.3. The number of carbonyl (C=O) groups is 1. The number of ether oxygens (including phenoxy) is 1. The van der Waals surface area contributed by atoms with Crippen molar-refractivity contribution in [2.24, 2.45) is 5.73 Å². The SMILES string of the molecule is COC(=O)c1scc(C)c1S(=O)(=O)NC1CC(N)C1. The van der Waals surface area contributed by atoms with E-state index < -0.39 is 16.0 Å². The number of nitrogens with two attached hydrogens (primary N) is 1. The summed E-state index contributed by atoms with van der Waals surface area (Å²) in [6.07, 6.45) is 1.24. The molecular formula is C11H16N2O4S2. The van der Waals surface area contributed by atoms with Crippen molar-refractivity contribution in [3.63, 3.8) is 0 Å². The Hall–Kier alpha value is -0.960. The van der Waals surface area contributed by atoms with Crippen LogP contribution >= 0.6 is 11.3 Å². The number of rotatable bonds is 4. The van der Waals surface area contributed by atoms with Crippen LogP contribution in [-0.2, 0) is 14.8 Å². The molecule has 1 fully saturated rings. The summed E-state index contributed by atoms with van der Waals surface area (Å²) < 4.78 is 31.8. The highest BCUT2D eigenvalue weighted by Crippen LogP contribution is 2.29. The molecule has 19 heavy (non-hydrogen) atoms. The fourth-order valence-corrected chi connectivity index (χ4v) is 5.00. The van der Waals surface area contributed by atoms with Crippen LogP contribution in [0.15, 0.2) is 10.3 Å². The molecule has 1 saturated carbocycles. The zero-order valence-corrected chi connectivity index (χ0v) is 12.3. The third-order valence-corrected chi connectivity index (χ3v) is 5.97. The van der Waals surface area contributed by atoms with Gasteiger partial charge in [0.05, 0.1) is 7.11 Å². The van der Waals surface area contributed by atoms with Gasteiger partial charge in [0, 0.05) is 12.1 Å². The molecule has 0 atom stereocenters. The van der Waals surface area contributed by atoms with Gasteiger partial charge in [-0.2, -0.15) is 0 Å². The third kappa shape index (κ3) is 2.81. The van der Waals surface area contributed by atoms with Crippen molar-refractivity contribution >= 4 is 27.3 Å². The summed E-state index contributed by atoms with van der Waals surface area (Å²) in [5, 5.41) is 1.63. The Balaban J connectivity index is 2.29. The van der Waals surface area contributed by atoms with Gasteiger partial charge in [-0.05, 0) is 30.7 Å². The molecule has 2 rings (SSSR count). The van der Waals surface area contributed by atoms with E-state index in [4.69, 9.17) is 5.73 Å². The van der Waals surface area contributed by atoms with Gasteiger partial charge in [-0.25, -0.2) is 17.9 Å². The van der Waals surface area contributed by atoms with Crippen molar-refractivity contribution in [3.8, 4) is 0 Å². The second-order valence-corrected chi connectivity index (χ2v) is 7.15. The molecule has 3 N–H and O–H groups in total. The summed E-state index contributed by atoms with van der Waals surface area (Å²) in [5.74, 6) is -0.635. The number of hydrogen-bond donors (Lipinski definition) is 2. The van der Waals surface area contributed by atoms with Crippen molar-refractivity contribution in [1.82, 2.24) is 4.72 Å². The molecule has 0 saturated heterocycles. The third-order valence-electron chi connectivity index (χ3n) is 3.05. The molecular weight excluding hydrogens is 288 g/mol. The minimum atomic E-state index is -3.71. The number of carbonyl (C=O) groups excluding carboxylic acids is 1. The number of thiophene rings is 1. The fourth-order valence-electron chi connectivity index (χ4n) is 2.04. The molecule has 0 unspecified atom stereocenters. The monoisotopic (exact) mass is 304 g/mol. The first-order valence-electron chi connectivity index (χ1n) is 5.79. The van der Waals surface area contributed by atoms with Crippen LogP contribution < -0.4 is 10.5 Å². The van der Waals surface area contributed by atoms with Gasteiger partial charge in [0.2, 0.25) is 10.0 Å². The zero-order chi connectivity index (χ0) is 14.2. The molecule has 0 amide bonds. The van der Waals surface area contributed by atoms with Crippen LogP contribution in [0.3, 0.4) is 0 Å². The van der Waals surface area contributed by atoms with Crippen molar-refractivity contribution < 1.29 is 17.9 Å². The van der Waals surface area contributed by atoms with Gasteiger partial charge in [0.25, 0.3) is 0 Å². The van der Waals surface area contributed by atoms with Crippen molar-refractivity contribution in [3.05, 3.63) is 15.8 Å². The highest BCUT2D eigenvalue weighted by Gasteiger charge is 2.34. The lowest BCUT2D eigenvalue weighted by Crippen LogP contribution is -2.50. The van der Waals surface area contributed by atoms with E-state index in [-0.39, 0.29) is 21.9 Å². The van der Waals surface area contributed by atoms with Crippen molar-refractivity contribution in [2.45, 2.75) is 36.7 Å². The number of esters is 1. The summed E-state index contributed by atoms with van der Waals surface area (Å²) in [6.45, 7) is 1.66. The van der Waals surface area contributed by atoms with Gasteiger partial charge >= 0.3 is 5.97 Å². The zero-order valence-electron chi connectivity index (χ0n) is 10.7. The summed E-state index contributed by atoms with van der Waals surface area (Å²) in [6, 6.07) is -0.0962. The Labute approximate surface area is 116 Å². The Morgan fingerprint density at radius 2 is 2.16 bits per heavy atom. The van der Waals surface area contributed by atoms with E-state index in [1.54, 1.807) is 12.3 Å². The van der Waals surface area contributed by atoms with E-state index >= 15 is 0 Å². The van der Waals surface area contributed by atoms with Crippen LogP contribution in [0.1, 0.15) is 28.1 Å². The summed E-state index contributed by atoms with van der Waals surface area (Å²) in [4.78, 5) is 11.7. The Morgan fingerprint density at radius 3 is 2.68 bits per heavy atom. The van der Waals surface area contributed by atoms with Gasteiger partial charge < -0.3 is 10.5 Å². The predicted octanol–water partition coefficient (Wildman–Crippen LogP) is 0.611. The molecule has 0 aromatic carbocycles. The number of nitrogens with one attached hydrogen (secondary N) is 1. The lowest BCUT2D eigenvalue weighted by Gasteiger charge is -2.32. The van der Waals surface area contributed by atoms with Crippen LogP contribution in [-0.4, -0.2) is 33.6 Å². The highest BCUT2D eigenvalue weighted by atomic mass is 32.2. The molecule has 8 heteroatoms.